The molecule has 4 aliphatic rings. The maximum absolute atomic E-state index is 6.36. The second-order valence-electron chi connectivity index (χ2n) is 5.55. The van der Waals surface area contributed by atoms with E-state index >= 15 is 0 Å². The van der Waals surface area contributed by atoms with E-state index < -0.39 is 0 Å². The molecule has 4 rings (SSSR count). The lowest BCUT2D eigenvalue weighted by Gasteiger charge is -2.59. The van der Waals surface area contributed by atoms with E-state index in [0.717, 1.165) is 11.8 Å². The van der Waals surface area contributed by atoms with E-state index in [2.05, 4.69) is 0 Å². The van der Waals surface area contributed by atoms with Crippen molar-refractivity contribution in [2.75, 3.05) is 0 Å². The highest BCUT2D eigenvalue weighted by atomic mass is 32.1. The molecule has 2 heteroatoms. The molecule has 0 saturated heterocycles. The van der Waals surface area contributed by atoms with Crippen LogP contribution in [0.1, 0.15) is 38.5 Å². The van der Waals surface area contributed by atoms with Crippen LogP contribution in [0, 0.1) is 11.8 Å². The Morgan fingerprint density at radius 1 is 1.08 bits per heavy atom. The third kappa shape index (κ3) is 0.973. The van der Waals surface area contributed by atoms with Crippen molar-refractivity contribution in [3.8, 4) is 0 Å². The SMILES string of the molecule is NC12C[C@H]3C[C@@H](C1)CC(S)(C3)C2. The Morgan fingerprint density at radius 3 is 2.08 bits per heavy atom. The zero-order valence-electron chi connectivity index (χ0n) is 7.42. The van der Waals surface area contributed by atoms with Crippen molar-refractivity contribution in [3.63, 3.8) is 0 Å². The van der Waals surface area contributed by atoms with Crippen LogP contribution in [0.5, 0.6) is 0 Å². The van der Waals surface area contributed by atoms with E-state index in [1.165, 1.54) is 38.5 Å². The minimum absolute atomic E-state index is 0.186. The average Bonchev–Trinajstić information content (AvgIpc) is 1.75. The Morgan fingerprint density at radius 2 is 1.67 bits per heavy atom. The van der Waals surface area contributed by atoms with Crippen LogP contribution in [0.25, 0.3) is 0 Å². The molecular weight excluding hydrogens is 166 g/mol. The zero-order valence-corrected chi connectivity index (χ0v) is 8.32. The summed E-state index contributed by atoms with van der Waals surface area (Å²) in [7, 11) is 0. The van der Waals surface area contributed by atoms with Crippen LogP contribution in [-0.2, 0) is 0 Å². The summed E-state index contributed by atoms with van der Waals surface area (Å²) in [5, 5.41) is 0. The predicted octanol–water partition coefficient (Wildman–Crippen LogP) is 1.97. The van der Waals surface area contributed by atoms with Gasteiger partial charge >= 0.3 is 0 Å². The number of hydrogen-bond acceptors (Lipinski definition) is 2. The van der Waals surface area contributed by atoms with Gasteiger partial charge < -0.3 is 5.73 Å². The summed E-state index contributed by atoms with van der Waals surface area (Å²) in [5.41, 5.74) is 6.54. The largest absolute Gasteiger partial charge is 0.325 e. The Hall–Kier alpha value is 0.310. The minimum atomic E-state index is 0.186. The molecule has 4 fully saturated rings. The molecule has 0 radical (unpaired) electrons. The molecule has 1 nitrogen and oxygen atoms in total. The number of hydrogen-bond donors (Lipinski definition) is 2. The lowest BCUT2D eigenvalue weighted by molar-refractivity contribution is 0.0186. The maximum Gasteiger partial charge on any atom is 0.0172 e. The number of nitrogens with two attached hydrogens (primary N) is 1. The van der Waals surface area contributed by atoms with Gasteiger partial charge in [0.05, 0.1) is 0 Å². The fourth-order valence-corrected chi connectivity index (χ4v) is 5.12. The summed E-state index contributed by atoms with van der Waals surface area (Å²) in [4.78, 5) is 0. The molecule has 0 aromatic carbocycles. The van der Waals surface area contributed by atoms with Gasteiger partial charge in [-0.3, -0.25) is 0 Å². The van der Waals surface area contributed by atoms with Crippen molar-refractivity contribution >= 4 is 12.6 Å². The third-order valence-corrected chi connectivity index (χ3v) is 4.60. The maximum atomic E-state index is 6.36. The smallest absolute Gasteiger partial charge is 0.0172 e. The normalized spacial score (nSPS) is 62.5. The van der Waals surface area contributed by atoms with E-state index in [4.69, 9.17) is 18.4 Å². The predicted molar refractivity (Wildman–Crippen MR) is 53.3 cm³/mol. The van der Waals surface area contributed by atoms with E-state index in [9.17, 15) is 0 Å². The molecular formula is C10H17NS. The van der Waals surface area contributed by atoms with Crippen molar-refractivity contribution in [1.82, 2.24) is 0 Å². The first kappa shape index (κ1) is 7.69. The van der Waals surface area contributed by atoms with Crippen LogP contribution in [0.15, 0.2) is 0 Å². The van der Waals surface area contributed by atoms with Gasteiger partial charge in [0.25, 0.3) is 0 Å². The summed E-state index contributed by atoms with van der Waals surface area (Å²) < 4.78 is 0.332. The molecule has 68 valence electrons. The fraction of sp³-hybridized carbons (Fsp3) is 1.00. The standard InChI is InChI=1S/C10H17NS/c11-9-2-7-1-8(3-9)5-10(12,4-7)6-9/h7-8,12H,1-6,11H2/t7-,8+,9?,10?. The molecule has 0 aliphatic heterocycles. The van der Waals surface area contributed by atoms with Crippen molar-refractivity contribution in [3.05, 3.63) is 0 Å². The Balaban J connectivity index is 1.98. The zero-order chi connectivity index (χ0) is 8.40. The molecule has 0 amide bonds. The van der Waals surface area contributed by atoms with Gasteiger partial charge in [0.15, 0.2) is 0 Å². The molecule has 2 unspecified atom stereocenters. The van der Waals surface area contributed by atoms with Crippen molar-refractivity contribution in [2.24, 2.45) is 17.6 Å². The van der Waals surface area contributed by atoms with E-state index in [1.54, 1.807) is 0 Å². The van der Waals surface area contributed by atoms with Crippen molar-refractivity contribution in [2.45, 2.75) is 48.8 Å². The highest BCUT2D eigenvalue weighted by molar-refractivity contribution is 7.81. The first-order valence-electron chi connectivity index (χ1n) is 5.08. The summed E-state index contributed by atoms with van der Waals surface area (Å²) >= 11 is 4.82. The van der Waals surface area contributed by atoms with E-state index in [0.29, 0.717) is 4.75 Å². The average molecular weight is 183 g/mol. The van der Waals surface area contributed by atoms with Gasteiger partial charge in [0.1, 0.15) is 0 Å². The monoisotopic (exact) mass is 183 g/mol. The van der Waals surface area contributed by atoms with Gasteiger partial charge in [-0.05, 0) is 50.4 Å². The van der Waals surface area contributed by atoms with E-state index in [1.807, 2.05) is 0 Å². The Labute approximate surface area is 79.5 Å². The fourth-order valence-electron chi connectivity index (χ4n) is 4.28. The highest BCUT2D eigenvalue weighted by Crippen LogP contribution is 2.58. The Kier molecular flexibility index (Phi) is 1.30. The summed E-state index contributed by atoms with van der Waals surface area (Å²) in [6.07, 6.45) is 7.87. The van der Waals surface area contributed by atoms with Gasteiger partial charge in [-0.1, -0.05) is 0 Å². The van der Waals surface area contributed by atoms with Gasteiger partial charge in [-0.2, -0.15) is 12.6 Å². The summed E-state index contributed by atoms with van der Waals surface area (Å²) in [5.74, 6) is 1.82. The van der Waals surface area contributed by atoms with Gasteiger partial charge in [-0.15, -0.1) is 0 Å². The molecule has 4 aliphatic carbocycles. The number of rotatable bonds is 0. The van der Waals surface area contributed by atoms with Gasteiger partial charge in [0, 0.05) is 10.3 Å². The van der Waals surface area contributed by atoms with Gasteiger partial charge in [0.2, 0.25) is 0 Å². The first-order chi connectivity index (χ1) is 5.57. The summed E-state index contributed by atoms with van der Waals surface area (Å²) in [6.45, 7) is 0. The minimum Gasteiger partial charge on any atom is -0.325 e. The summed E-state index contributed by atoms with van der Waals surface area (Å²) in [6, 6.07) is 0. The van der Waals surface area contributed by atoms with Crippen LogP contribution in [0.2, 0.25) is 0 Å². The Bertz CT molecular complexity index is 192. The van der Waals surface area contributed by atoms with Crippen LogP contribution in [0.3, 0.4) is 0 Å². The molecule has 2 N–H and O–H groups in total. The second-order valence-corrected chi connectivity index (χ2v) is 6.50. The molecule has 4 atom stereocenters. The molecule has 4 bridgehead atoms. The third-order valence-electron chi connectivity index (χ3n) is 4.08. The van der Waals surface area contributed by atoms with Crippen LogP contribution < -0.4 is 5.73 Å². The quantitative estimate of drug-likeness (QED) is 0.552. The van der Waals surface area contributed by atoms with Crippen molar-refractivity contribution < 1.29 is 0 Å². The van der Waals surface area contributed by atoms with E-state index in [-0.39, 0.29) is 5.54 Å². The molecule has 12 heavy (non-hydrogen) atoms. The highest BCUT2D eigenvalue weighted by Gasteiger charge is 2.54. The van der Waals surface area contributed by atoms with Crippen LogP contribution in [0.4, 0.5) is 0 Å². The molecule has 4 saturated carbocycles. The van der Waals surface area contributed by atoms with Crippen molar-refractivity contribution in [1.29, 1.82) is 0 Å². The van der Waals surface area contributed by atoms with Gasteiger partial charge in [-0.25, -0.2) is 0 Å². The molecule has 0 aromatic heterocycles. The van der Waals surface area contributed by atoms with Crippen LogP contribution >= 0.6 is 12.6 Å². The lowest BCUT2D eigenvalue weighted by atomic mass is 9.53. The molecule has 0 spiro atoms. The lowest BCUT2D eigenvalue weighted by Crippen LogP contribution is -2.61. The molecule has 0 heterocycles. The second kappa shape index (κ2) is 2.03. The number of thiol groups is 1. The van der Waals surface area contributed by atoms with Crippen LogP contribution in [-0.4, -0.2) is 10.3 Å². The first-order valence-corrected chi connectivity index (χ1v) is 5.53. The topological polar surface area (TPSA) is 26.0 Å². The molecule has 0 aromatic rings.